The van der Waals surface area contributed by atoms with Crippen LogP contribution in [-0.2, 0) is 9.53 Å². The van der Waals surface area contributed by atoms with Gasteiger partial charge in [0.2, 0.25) is 5.91 Å². The molecule has 2 N–H and O–H groups in total. The number of imidazole rings is 1. The molecule has 30 heavy (non-hydrogen) atoms. The fourth-order valence-electron chi connectivity index (χ4n) is 3.85. The summed E-state index contributed by atoms with van der Waals surface area (Å²) in [6, 6.07) is 4.66. The standard InChI is InChI=1S/C21H26BrFN4O3/c1-12(2)27(26-21(29)30-3)20(28)15-7-5-4-6-14(15)19-24-11-18(25-19)13-8-9-16(22)17(23)10-13/h8-12,14-15H,4-7H2,1-3H3,(H,24,25)(H,26,29)/t14?,15-/m1/s1. The van der Waals surface area contributed by atoms with E-state index < -0.39 is 6.09 Å². The van der Waals surface area contributed by atoms with E-state index in [1.807, 2.05) is 13.8 Å². The van der Waals surface area contributed by atoms with E-state index in [9.17, 15) is 14.0 Å². The van der Waals surface area contributed by atoms with Gasteiger partial charge < -0.3 is 9.72 Å². The SMILES string of the molecule is COC(=O)NN(C(=O)[C@@H]1CCCCC1c1ncc(-c2ccc(Br)c(F)c2)[nH]1)C(C)C. The normalized spacial score (nSPS) is 18.9. The van der Waals surface area contributed by atoms with E-state index >= 15 is 0 Å². The smallest absolute Gasteiger partial charge is 0.425 e. The van der Waals surface area contributed by atoms with E-state index in [0.717, 1.165) is 19.3 Å². The number of carbonyl (C=O) groups is 2. The Morgan fingerprint density at radius 3 is 2.73 bits per heavy atom. The van der Waals surface area contributed by atoms with Gasteiger partial charge in [0, 0.05) is 23.4 Å². The molecule has 1 unspecified atom stereocenters. The molecule has 2 aromatic rings. The number of carbonyl (C=O) groups excluding carboxylic acids is 2. The van der Waals surface area contributed by atoms with Crippen molar-refractivity contribution < 1.29 is 18.7 Å². The predicted octanol–water partition coefficient (Wildman–Crippen LogP) is 4.76. The van der Waals surface area contributed by atoms with Crippen LogP contribution >= 0.6 is 15.9 Å². The second-order valence-electron chi connectivity index (χ2n) is 7.71. The van der Waals surface area contributed by atoms with E-state index in [1.54, 1.807) is 18.3 Å². The van der Waals surface area contributed by atoms with Crippen LogP contribution in [0.3, 0.4) is 0 Å². The summed E-state index contributed by atoms with van der Waals surface area (Å²) < 4.78 is 19.0. The average molecular weight is 481 g/mol. The third-order valence-corrected chi connectivity index (χ3v) is 6.05. The number of hydrogen-bond acceptors (Lipinski definition) is 4. The Labute approximate surface area is 183 Å². The Bertz CT molecular complexity index is 917. The van der Waals surface area contributed by atoms with Crippen LogP contribution in [0, 0.1) is 11.7 Å². The van der Waals surface area contributed by atoms with Gasteiger partial charge in [0.25, 0.3) is 0 Å². The van der Waals surface area contributed by atoms with Crippen molar-refractivity contribution >= 4 is 27.9 Å². The molecule has 2 atom stereocenters. The van der Waals surface area contributed by atoms with Gasteiger partial charge in [-0.2, -0.15) is 0 Å². The second-order valence-corrected chi connectivity index (χ2v) is 8.57. The van der Waals surface area contributed by atoms with Crippen LogP contribution in [0.5, 0.6) is 0 Å². The molecule has 1 heterocycles. The molecule has 1 fully saturated rings. The lowest BCUT2D eigenvalue weighted by Crippen LogP contribution is -2.53. The van der Waals surface area contributed by atoms with Crippen LogP contribution < -0.4 is 5.43 Å². The molecule has 3 rings (SSSR count). The van der Waals surface area contributed by atoms with Crippen molar-refractivity contribution in [3.63, 3.8) is 0 Å². The molecule has 0 spiro atoms. The monoisotopic (exact) mass is 480 g/mol. The summed E-state index contributed by atoms with van der Waals surface area (Å²) in [5, 5.41) is 1.34. The highest BCUT2D eigenvalue weighted by Gasteiger charge is 2.37. The number of rotatable bonds is 4. The summed E-state index contributed by atoms with van der Waals surface area (Å²) in [6.45, 7) is 3.66. The first-order chi connectivity index (χ1) is 14.3. The molecule has 0 saturated heterocycles. The van der Waals surface area contributed by atoms with Crippen molar-refractivity contribution in [2.75, 3.05) is 7.11 Å². The summed E-state index contributed by atoms with van der Waals surface area (Å²) in [7, 11) is 1.26. The maximum atomic E-state index is 13.9. The molecular weight excluding hydrogens is 455 g/mol. The molecule has 1 aliphatic carbocycles. The Morgan fingerprint density at radius 1 is 1.33 bits per heavy atom. The summed E-state index contributed by atoms with van der Waals surface area (Å²) in [4.78, 5) is 32.8. The van der Waals surface area contributed by atoms with E-state index in [-0.39, 0.29) is 29.6 Å². The summed E-state index contributed by atoms with van der Waals surface area (Å²) >= 11 is 3.16. The molecule has 1 aliphatic rings. The number of amides is 2. The Kier molecular flexibility index (Phi) is 7.12. The Hall–Kier alpha value is -2.42. The first-order valence-electron chi connectivity index (χ1n) is 9.99. The molecule has 2 amide bonds. The minimum absolute atomic E-state index is 0.110. The molecule has 1 saturated carbocycles. The summed E-state index contributed by atoms with van der Waals surface area (Å²) in [6.07, 6.45) is 4.43. The van der Waals surface area contributed by atoms with Crippen molar-refractivity contribution in [2.24, 2.45) is 5.92 Å². The molecule has 162 valence electrons. The van der Waals surface area contributed by atoms with Crippen LogP contribution in [0.15, 0.2) is 28.9 Å². The number of aromatic amines is 1. The number of H-pyrrole nitrogens is 1. The van der Waals surface area contributed by atoms with E-state index in [1.165, 1.54) is 18.2 Å². The molecule has 1 aromatic carbocycles. The lowest BCUT2D eigenvalue weighted by Gasteiger charge is -2.35. The van der Waals surface area contributed by atoms with Crippen LogP contribution in [0.4, 0.5) is 9.18 Å². The van der Waals surface area contributed by atoms with Crippen LogP contribution in [-0.4, -0.2) is 40.1 Å². The number of nitrogens with zero attached hydrogens (tertiary/aromatic N) is 2. The number of hydrazine groups is 1. The Balaban J connectivity index is 1.85. The maximum absolute atomic E-state index is 13.9. The van der Waals surface area contributed by atoms with Gasteiger partial charge in [0.05, 0.1) is 23.5 Å². The quantitative estimate of drug-likeness (QED) is 0.617. The highest BCUT2D eigenvalue weighted by molar-refractivity contribution is 9.10. The number of methoxy groups -OCH3 is 1. The number of nitrogens with one attached hydrogen (secondary N) is 2. The average Bonchev–Trinajstić information content (AvgIpc) is 3.23. The van der Waals surface area contributed by atoms with Crippen LogP contribution in [0.25, 0.3) is 11.3 Å². The molecule has 0 bridgehead atoms. The molecule has 1 aromatic heterocycles. The summed E-state index contributed by atoms with van der Waals surface area (Å²) in [5.41, 5.74) is 3.90. The van der Waals surface area contributed by atoms with E-state index in [4.69, 9.17) is 0 Å². The third-order valence-electron chi connectivity index (χ3n) is 5.41. The van der Waals surface area contributed by atoms with Gasteiger partial charge in [0.15, 0.2) is 0 Å². The lowest BCUT2D eigenvalue weighted by molar-refractivity contribution is -0.142. The van der Waals surface area contributed by atoms with E-state index in [2.05, 4.69) is 36.1 Å². The van der Waals surface area contributed by atoms with Crippen molar-refractivity contribution in [3.05, 3.63) is 40.5 Å². The molecule has 7 nitrogen and oxygen atoms in total. The number of ether oxygens (including phenoxy) is 1. The van der Waals surface area contributed by atoms with Gasteiger partial charge in [-0.05, 0) is 54.8 Å². The molecule has 0 radical (unpaired) electrons. The van der Waals surface area contributed by atoms with Gasteiger partial charge in [-0.3, -0.25) is 4.79 Å². The van der Waals surface area contributed by atoms with Crippen molar-refractivity contribution in [1.82, 2.24) is 20.4 Å². The summed E-state index contributed by atoms with van der Waals surface area (Å²) in [5.74, 6) is -0.239. The molecule has 0 aliphatic heterocycles. The number of aromatic nitrogens is 2. The van der Waals surface area contributed by atoms with Gasteiger partial charge in [-0.15, -0.1) is 0 Å². The zero-order chi connectivity index (χ0) is 21.8. The number of hydrogen-bond donors (Lipinski definition) is 2. The van der Waals surface area contributed by atoms with Crippen molar-refractivity contribution in [1.29, 1.82) is 0 Å². The fraction of sp³-hybridized carbons (Fsp3) is 0.476. The highest BCUT2D eigenvalue weighted by atomic mass is 79.9. The highest BCUT2D eigenvalue weighted by Crippen LogP contribution is 2.38. The maximum Gasteiger partial charge on any atom is 0.425 e. The van der Waals surface area contributed by atoms with Gasteiger partial charge in [0.1, 0.15) is 11.6 Å². The lowest BCUT2D eigenvalue weighted by atomic mass is 9.78. The minimum Gasteiger partial charge on any atom is -0.452 e. The zero-order valence-electron chi connectivity index (χ0n) is 17.2. The second kappa shape index (κ2) is 9.59. The Morgan fingerprint density at radius 2 is 2.07 bits per heavy atom. The number of halogens is 2. The van der Waals surface area contributed by atoms with E-state index in [0.29, 0.717) is 28.0 Å². The first-order valence-corrected chi connectivity index (χ1v) is 10.8. The van der Waals surface area contributed by atoms with Crippen LogP contribution in [0.1, 0.15) is 51.3 Å². The van der Waals surface area contributed by atoms with Gasteiger partial charge in [-0.1, -0.05) is 18.9 Å². The zero-order valence-corrected chi connectivity index (χ0v) is 18.8. The fourth-order valence-corrected chi connectivity index (χ4v) is 4.10. The van der Waals surface area contributed by atoms with Crippen molar-refractivity contribution in [2.45, 2.75) is 51.5 Å². The third kappa shape index (κ3) is 4.83. The topological polar surface area (TPSA) is 87.3 Å². The first kappa shape index (κ1) is 22.3. The van der Waals surface area contributed by atoms with Crippen LogP contribution in [0.2, 0.25) is 0 Å². The largest absolute Gasteiger partial charge is 0.452 e. The molecule has 9 heteroatoms. The minimum atomic E-state index is -0.679. The predicted molar refractivity (Wildman–Crippen MR) is 114 cm³/mol. The molecular formula is C21H26BrFN4O3. The number of benzene rings is 1. The van der Waals surface area contributed by atoms with Crippen molar-refractivity contribution in [3.8, 4) is 11.3 Å². The van der Waals surface area contributed by atoms with Gasteiger partial charge in [-0.25, -0.2) is 24.6 Å². The van der Waals surface area contributed by atoms with Gasteiger partial charge >= 0.3 is 6.09 Å².